The van der Waals surface area contributed by atoms with Gasteiger partial charge in [-0.25, -0.2) is 0 Å². The van der Waals surface area contributed by atoms with E-state index in [1.165, 1.54) is 12.8 Å². The Morgan fingerprint density at radius 1 is 1.18 bits per heavy atom. The molecule has 3 aliphatic rings. The third-order valence-electron chi connectivity index (χ3n) is 6.23. The lowest BCUT2D eigenvalue weighted by Gasteiger charge is -2.36. The number of nitrogens with zero attached hydrogens (tertiary/aromatic N) is 2. The highest BCUT2D eigenvalue weighted by Gasteiger charge is 2.38. The van der Waals surface area contributed by atoms with Crippen LogP contribution in [0.4, 0.5) is 0 Å². The molecule has 2 heterocycles. The molecule has 2 aliphatic heterocycles. The zero-order valence-corrected chi connectivity index (χ0v) is 16.7. The fourth-order valence-electron chi connectivity index (χ4n) is 4.68. The number of carbonyl (C=O) groups is 2. The Hall–Kier alpha value is -2.34. The van der Waals surface area contributed by atoms with E-state index in [4.69, 9.17) is 4.74 Å². The number of allylic oxidation sites excluding steroid dienone is 1. The minimum atomic E-state index is -0.425. The number of carbonyl (C=O) groups excluding carboxylic acids is 2. The molecule has 0 aromatic heterocycles. The Labute approximate surface area is 166 Å². The summed E-state index contributed by atoms with van der Waals surface area (Å²) in [6.45, 7) is 4.27. The summed E-state index contributed by atoms with van der Waals surface area (Å²) in [5.41, 5.74) is 2.35. The summed E-state index contributed by atoms with van der Waals surface area (Å²) in [4.78, 5) is 29.1. The van der Waals surface area contributed by atoms with Gasteiger partial charge in [0.2, 0.25) is 5.91 Å². The van der Waals surface area contributed by atoms with E-state index >= 15 is 0 Å². The Kier molecular flexibility index (Phi) is 5.15. The molecule has 4 rings (SSSR count). The van der Waals surface area contributed by atoms with E-state index in [-0.39, 0.29) is 17.9 Å². The number of likely N-dealkylation sites (N-methyl/N-ethyl adjacent to an activating group) is 1. The molecule has 0 spiro atoms. The van der Waals surface area contributed by atoms with Crippen molar-refractivity contribution in [2.24, 2.45) is 0 Å². The van der Waals surface area contributed by atoms with Crippen LogP contribution in [-0.4, -0.2) is 53.9 Å². The SMILES string of the molecule is C=C1CCC(N2Cc3cc(O[C@@H]4CCCC[C@H]4N(C)C)ccc3C2=O)C(=O)N1. The molecule has 2 amide bonds. The molecule has 0 bridgehead atoms. The van der Waals surface area contributed by atoms with Crippen LogP contribution < -0.4 is 10.1 Å². The maximum Gasteiger partial charge on any atom is 0.255 e. The minimum Gasteiger partial charge on any atom is -0.489 e. The largest absolute Gasteiger partial charge is 0.489 e. The van der Waals surface area contributed by atoms with Crippen molar-refractivity contribution >= 4 is 11.8 Å². The first kappa shape index (κ1) is 19.0. The van der Waals surface area contributed by atoms with Gasteiger partial charge in [-0.05, 0) is 70.0 Å². The van der Waals surface area contributed by atoms with Gasteiger partial charge < -0.3 is 19.9 Å². The summed E-state index contributed by atoms with van der Waals surface area (Å²) in [5, 5.41) is 2.78. The Morgan fingerprint density at radius 2 is 1.96 bits per heavy atom. The molecular weight excluding hydrogens is 354 g/mol. The van der Waals surface area contributed by atoms with E-state index < -0.39 is 6.04 Å². The summed E-state index contributed by atoms with van der Waals surface area (Å²) in [5.74, 6) is 0.608. The second-order valence-electron chi connectivity index (χ2n) is 8.37. The van der Waals surface area contributed by atoms with Gasteiger partial charge in [-0.1, -0.05) is 13.0 Å². The van der Waals surface area contributed by atoms with Gasteiger partial charge in [0.05, 0.1) is 0 Å². The van der Waals surface area contributed by atoms with Gasteiger partial charge in [-0.15, -0.1) is 0 Å². The summed E-state index contributed by atoms with van der Waals surface area (Å²) < 4.78 is 6.34. The predicted octanol–water partition coefficient (Wildman–Crippen LogP) is 2.69. The van der Waals surface area contributed by atoms with Gasteiger partial charge in [0.1, 0.15) is 17.9 Å². The van der Waals surface area contributed by atoms with E-state index in [1.54, 1.807) is 4.90 Å². The first-order chi connectivity index (χ1) is 13.4. The number of amides is 2. The average molecular weight is 383 g/mol. The van der Waals surface area contributed by atoms with E-state index in [1.807, 2.05) is 18.2 Å². The molecule has 1 saturated carbocycles. The van der Waals surface area contributed by atoms with Crippen LogP contribution in [0.5, 0.6) is 5.75 Å². The van der Waals surface area contributed by atoms with Gasteiger partial charge in [0.25, 0.3) is 5.91 Å². The number of nitrogens with one attached hydrogen (secondary N) is 1. The summed E-state index contributed by atoms with van der Waals surface area (Å²) >= 11 is 0. The van der Waals surface area contributed by atoms with Crippen molar-refractivity contribution in [3.63, 3.8) is 0 Å². The topological polar surface area (TPSA) is 61.9 Å². The maximum absolute atomic E-state index is 12.8. The van der Waals surface area contributed by atoms with Crippen LogP contribution >= 0.6 is 0 Å². The van der Waals surface area contributed by atoms with E-state index in [0.29, 0.717) is 31.0 Å². The van der Waals surface area contributed by atoms with Gasteiger partial charge in [-0.2, -0.15) is 0 Å². The second-order valence-corrected chi connectivity index (χ2v) is 8.37. The van der Waals surface area contributed by atoms with Crippen molar-refractivity contribution < 1.29 is 14.3 Å². The molecule has 28 heavy (non-hydrogen) atoms. The predicted molar refractivity (Wildman–Crippen MR) is 107 cm³/mol. The number of piperidine rings is 1. The van der Waals surface area contributed by atoms with Gasteiger partial charge in [0.15, 0.2) is 0 Å². The van der Waals surface area contributed by atoms with Gasteiger partial charge in [-0.3, -0.25) is 9.59 Å². The van der Waals surface area contributed by atoms with Crippen LogP contribution in [0.2, 0.25) is 0 Å². The summed E-state index contributed by atoms with van der Waals surface area (Å²) in [7, 11) is 4.21. The van der Waals surface area contributed by atoms with Crippen LogP contribution in [0.15, 0.2) is 30.5 Å². The van der Waals surface area contributed by atoms with Crippen molar-refractivity contribution in [2.75, 3.05) is 14.1 Å². The molecule has 1 N–H and O–H groups in total. The molecule has 6 nitrogen and oxygen atoms in total. The fraction of sp³-hybridized carbons (Fsp3) is 0.545. The smallest absolute Gasteiger partial charge is 0.255 e. The zero-order valence-electron chi connectivity index (χ0n) is 16.7. The molecule has 3 atom stereocenters. The normalized spacial score (nSPS) is 27.8. The van der Waals surface area contributed by atoms with Crippen molar-refractivity contribution in [2.45, 2.75) is 63.3 Å². The molecular formula is C22H29N3O3. The summed E-state index contributed by atoms with van der Waals surface area (Å²) in [6.07, 6.45) is 6.14. The third-order valence-corrected chi connectivity index (χ3v) is 6.23. The number of fused-ring (bicyclic) bond motifs is 1. The Morgan fingerprint density at radius 3 is 2.71 bits per heavy atom. The molecule has 150 valence electrons. The van der Waals surface area contributed by atoms with Gasteiger partial charge in [0, 0.05) is 23.8 Å². The van der Waals surface area contributed by atoms with Crippen LogP contribution in [0.1, 0.15) is 54.4 Å². The minimum absolute atomic E-state index is 0.0713. The van der Waals surface area contributed by atoms with Crippen LogP contribution in [0.25, 0.3) is 0 Å². The monoisotopic (exact) mass is 383 g/mol. The van der Waals surface area contributed by atoms with Crippen molar-refractivity contribution in [1.82, 2.24) is 15.1 Å². The zero-order chi connectivity index (χ0) is 19.8. The van der Waals surface area contributed by atoms with Crippen molar-refractivity contribution in [3.8, 4) is 5.75 Å². The average Bonchev–Trinajstić information content (AvgIpc) is 2.98. The third kappa shape index (κ3) is 3.53. The lowest BCUT2D eigenvalue weighted by Crippen LogP contribution is -2.49. The molecule has 2 fully saturated rings. The van der Waals surface area contributed by atoms with Crippen molar-refractivity contribution in [3.05, 3.63) is 41.6 Å². The quantitative estimate of drug-likeness (QED) is 0.868. The number of hydrogen-bond acceptors (Lipinski definition) is 4. The van der Waals surface area contributed by atoms with E-state index in [0.717, 1.165) is 29.9 Å². The Balaban J connectivity index is 1.49. The molecule has 1 aromatic carbocycles. The molecule has 1 aliphatic carbocycles. The molecule has 1 saturated heterocycles. The number of rotatable bonds is 4. The van der Waals surface area contributed by atoms with Crippen molar-refractivity contribution in [1.29, 1.82) is 0 Å². The highest BCUT2D eigenvalue weighted by atomic mass is 16.5. The summed E-state index contributed by atoms with van der Waals surface area (Å²) in [6, 6.07) is 5.71. The lowest BCUT2D eigenvalue weighted by atomic mass is 9.91. The number of benzene rings is 1. The first-order valence-electron chi connectivity index (χ1n) is 10.2. The van der Waals surface area contributed by atoms with Crippen LogP contribution in [-0.2, 0) is 11.3 Å². The standard InChI is InChI=1S/C22H29N3O3/c1-14-8-11-19(21(26)23-14)25-13-15-12-16(9-10-17(15)22(25)27)28-20-7-5-4-6-18(20)24(2)3/h9-10,12,18-20H,1,4-8,11,13H2,2-3H3,(H,23,26)/t18-,19?,20-/m1/s1. The first-order valence-corrected chi connectivity index (χ1v) is 10.2. The molecule has 0 radical (unpaired) electrons. The molecule has 1 aromatic rings. The van der Waals surface area contributed by atoms with Crippen LogP contribution in [0, 0.1) is 0 Å². The highest BCUT2D eigenvalue weighted by molar-refractivity contribution is 6.01. The van der Waals surface area contributed by atoms with E-state index in [2.05, 4.69) is 30.9 Å². The lowest BCUT2D eigenvalue weighted by molar-refractivity contribution is -0.126. The number of hydrogen-bond donors (Lipinski definition) is 1. The van der Waals surface area contributed by atoms with Gasteiger partial charge >= 0.3 is 0 Å². The fourth-order valence-corrected chi connectivity index (χ4v) is 4.68. The molecule has 6 heteroatoms. The maximum atomic E-state index is 12.8. The highest BCUT2D eigenvalue weighted by Crippen LogP contribution is 2.32. The Bertz CT molecular complexity index is 804. The number of ether oxygens (including phenoxy) is 1. The molecule has 1 unspecified atom stereocenters. The second kappa shape index (κ2) is 7.59. The van der Waals surface area contributed by atoms with Crippen LogP contribution in [0.3, 0.4) is 0 Å². The van der Waals surface area contributed by atoms with E-state index in [9.17, 15) is 9.59 Å².